The van der Waals surface area contributed by atoms with Gasteiger partial charge >= 0.3 is 11.6 Å². The summed E-state index contributed by atoms with van der Waals surface area (Å²) in [6.07, 6.45) is 1.95. The molecule has 0 amide bonds. The molecule has 0 saturated heterocycles. The molecule has 0 bridgehead atoms. The highest BCUT2D eigenvalue weighted by molar-refractivity contribution is 5.83. The Balaban J connectivity index is 2.00. The number of carbonyl (C=O) groups excluding carboxylic acids is 1. The summed E-state index contributed by atoms with van der Waals surface area (Å²) in [5.41, 5.74) is 2.09. The zero-order valence-electron chi connectivity index (χ0n) is 12.0. The number of carbonyl (C=O) groups is 1. The maximum absolute atomic E-state index is 11.9. The highest BCUT2D eigenvalue weighted by Gasteiger charge is 2.20. The third kappa shape index (κ3) is 2.39. The zero-order valence-corrected chi connectivity index (χ0v) is 12.0. The van der Waals surface area contributed by atoms with Gasteiger partial charge < -0.3 is 13.9 Å². The van der Waals surface area contributed by atoms with Crippen LogP contribution in [0.2, 0.25) is 0 Å². The summed E-state index contributed by atoms with van der Waals surface area (Å²) in [5.74, 6) is 0.0204. The molecule has 1 heterocycles. The van der Waals surface area contributed by atoms with E-state index in [2.05, 4.69) is 4.74 Å². The molecule has 0 aliphatic heterocycles. The smallest absolute Gasteiger partial charge is 0.346 e. The first kappa shape index (κ1) is 13.7. The van der Waals surface area contributed by atoms with E-state index < -0.39 is 12.1 Å². The Morgan fingerprint density at radius 2 is 2.05 bits per heavy atom. The molecule has 0 saturated carbocycles. The fourth-order valence-electron chi connectivity index (χ4n) is 2.76. The molecule has 1 aromatic carbocycles. The Morgan fingerprint density at radius 3 is 2.81 bits per heavy atom. The molecule has 110 valence electrons. The fourth-order valence-corrected chi connectivity index (χ4v) is 2.76. The molecule has 1 aromatic heterocycles. The van der Waals surface area contributed by atoms with Gasteiger partial charge in [0.15, 0.2) is 6.10 Å². The first-order valence-electron chi connectivity index (χ1n) is 6.93. The van der Waals surface area contributed by atoms with Gasteiger partial charge in [-0.15, -0.1) is 0 Å². The van der Waals surface area contributed by atoms with Crippen LogP contribution in [0, 0.1) is 0 Å². The van der Waals surface area contributed by atoms with E-state index >= 15 is 0 Å². The minimum Gasteiger partial charge on any atom is -0.479 e. The normalized spacial score (nSPS) is 14.8. The highest BCUT2D eigenvalue weighted by Crippen LogP contribution is 2.29. The Labute approximate surface area is 121 Å². The molecular formula is C16H16O5. The van der Waals surface area contributed by atoms with Crippen LogP contribution in [0.3, 0.4) is 0 Å². The van der Waals surface area contributed by atoms with E-state index in [1.807, 2.05) is 6.07 Å². The second-order valence-electron chi connectivity index (χ2n) is 5.14. The second-order valence-corrected chi connectivity index (χ2v) is 5.14. The van der Waals surface area contributed by atoms with Crippen molar-refractivity contribution in [3.63, 3.8) is 0 Å². The number of benzene rings is 1. The summed E-state index contributed by atoms with van der Waals surface area (Å²) < 4.78 is 15.5. The third-order valence-corrected chi connectivity index (χ3v) is 3.79. The van der Waals surface area contributed by atoms with Gasteiger partial charge in [0.05, 0.1) is 7.11 Å². The summed E-state index contributed by atoms with van der Waals surface area (Å²) >= 11 is 0. The van der Waals surface area contributed by atoms with Crippen molar-refractivity contribution in [1.82, 2.24) is 0 Å². The first-order chi connectivity index (χ1) is 10.1. The SMILES string of the molecule is COC(=O)C(C)Oc1ccc2c3c(c(=O)oc2c1)CCC3. The average molecular weight is 288 g/mol. The van der Waals surface area contributed by atoms with Gasteiger partial charge in [0, 0.05) is 17.0 Å². The lowest BCUT2D eigenvalue weighted by Crippen LogP contribution is -2.24. The number of hydrogen-bond donors (Lipinski definition) is 0. The topological polar surface area (TPSA) is 65.7 Å². The minimum absolute atomic E-state index is 0.270. The van der Waals surface area contributed by atoms with Crippen LogP contribution < -0.4 is 10.4 Å². The van der Waals surface area contributed by atoms with Crippen molar-refractivity contribution in [2.24, 2.45) is 0 Å². The van der Waals surface area contributed by atoms with Crippen molar-refractivity contribution >= 4 is 16.9 Å². The molecule has 0 N–H and O–H groups in total. The molecule has 0 spiro atoms. The van der Waals surface area contributed by atoms with Gasteiger partial charge in [0.25, 0.3) is 0 Å². The number of methoxy groups -OCH3 is 1. The van der Waals surface area contributed by atoms with Gasteiger partial charge in [-0.25, -0.2) is 9.59 Å². The fraction of sp³-hybridized carbons (Fsp3) is 0.375. The van der Waals surface area contributed by atoms with E-state index in [-0.39, 0.29) is 5.63 Å². The lowest BCUT2D eigenvalue weighted by atomic mass is 10.1. The van der Waals surface area contributed by atoms with E-state index in [4.69, 9.17) is 9.15 Å². The maximum atomic E-state index is 11.9. The average Bonchev–Trinajstić information content (AvgIpc) is 2.96. The van der Waals surface area contributed by atoms with Crippen molar-refractivity contribution in [2.75, 3.05) is 7.11 Å². The van der Waals surface area contributed by atoms with E-state index in [1.54, 1.807) is 19.1 Å². The lowest BCUT2D eigenvalue weighted by molar-refractivity contribution is -0.147. The van der Waals surface area contributed by atoms with Crippen molar-refractivity contribution in [2.45, 2.75) is 32.3 Å². The monoisotopic (exact) mass is 288 g/mol. The Kier molecular flexibility index (Phi) is 3.41. The van der Waals surface area contributed by atoms with E-state index in [0.29, 0.717) is 11.3 Å². The molecule has 1 unspecified atom stereocenters. The molecule has 21 heavy (non-hydrogen) atoms. The van der Waals surface area contributed by atoms with Crippen LogP contribution in [0.5, 0.6) is 5.75 Å². The second kappa shape index (κ2) is 5.24. The van der Waals surface area contributed by atoms with Crippen molar-refractivity contribution < 1.29 is 18.7 Å². The molecule has 0 radical (unpaired) electrons. The van der Waals surface area contributed by atoms with E-state index in [0.717, 1.165) is 35.8 Å². The third-order valence-electron chi connectivity index (χ3n) is 3.79. The molecular weight excluding hydrogens is 272 g/mol. The summed E-state index contributed by atoms with van der Waals surface area (Å²) in [7, 11) is 1.31. The predicted octanol–water partition coefficient (Wildman–Crippen LogP) is 2.22. The Bertz CT molecular complexity index is 759. The van der Waals surface area contributed by atoms with Gasteiger partial charge in [-0.05, 0) is 43.9 Å². The summed E-state index contributed by atoms with van der Waals surface area (Å²) in [6, 6.07) is 5.30. The lowest BCUT2D eigenvalue weighted by Gasteiger charge is -2.13. The van der Waals surface area contributed by atoms with E-state index in [9.17, 15) is 9.59 Å². The number of hydrogen-bond acceptors (Lipinski definition) is 5. The molecule has 0 fully saturated rings. The quantitative estimate of drug-likeness (QED) is 0.640. The number of aryl methyl sites for hydroxylation is 1. The summed E-state index contributed by atoms with van der Waals surface area (Å²) in [6.45, 7) is 1.61. The number of fused-ring (bicyclic) bond motifs is 3. The maximum Gasteiger partial charge on any atom is 0.346 e. The predicted molar refractivity (Wildman–Crippen MR) is 76.6 cm³/mol. The Hall–Kier alpha value is -2.30. The van der Waals surface area contributed by atoms with Gasteiger partial charge in [0.1, 0.15) is 11.3 Å². The van der Waals surface area contributed by atoms with Crippen molar-refractivity contribution in [3.8, 4) is 5.75 Å². The molecule has 3 rings (SSSR count). The van der Waals surface area contributed by atoms with Crippen LogP contribution in [0.15, 0.2) is 27.4 Å². The number of esters is 1. The number of rotatable bonds is 3. The highest BCUT2D eigenvalue weighted by atomic mass is 16.6. The van der Waals surface area contributed by atoms with Crippen LogP contribution >= 0.6 is 0 Å². The van der Waals surface area contributed by atoms with Gasteiger partial charge in [-0.2, -0.15) is 0 Å². The van der Waals surface area contributed by atoms with Crippen LogP contribution in [0.4, 0.5) is 0 Å². The standard InChI is InChI=1S/C16H16O5/c1-9(15(17)19-2)20-10-6-7-12-11-4-3-5-13(11)16(18)21-14(12)8-10/h6-9H,3-5H2,1-2H3. The van der Waals surface area contributed by atoms with Crippen molar-refractivity contribution in [1.29, 1.82) is 0 Å². The molecule has 5 heteroatoms. The van der Waals surface area contributed by atoms with Crippen LogP contribution in [0.1, 0.15) is 24.5 Å². The molecule has 1 atom stereocenters. The molecule has 1 aliphatic carbocycles. The molecule has 5 nitrogen and oxygen atoms in total. The van der Waals surface area contributed by atoms with Gasteiger partial charge in [-0.3, -0.25) is 0 Å². The molecule has 2 aromatic rings. The largest absolute Gasteiger partial charge is 0.479 e. The summed E-state index contributed by atoms with van der Waals surface area (Å²) in [4.78, 5) is 23.3. The zero-order chi connectivity index (χ0) is 15.0. The van der Waals surface area contributed by atoms with E-state index in [1.165, 1.54) is 7.11 Å². The molecule has 1 aliphatic rings. The first-order valence-corrected chi connectivity index (χ1v) is 6.93. The van der Waals surface area contributed by atoms with Gasteiger partial charge in [-0.1, -0.05) is 0 Å². The number of ether oxygens (including phenoxy) is 2. The minimum atomic E-state index is -0.714. The van der Waals surface area contributed by atoms with Crippen LogP contribution in [-0.2, 0) is 22.4 Å². The van der Waals surface area contributed by atoms with Crippen LogP contribution in [0.25, 0.3) is 11.0 Å². The Morgan fingerprint density at radius 1 is 1.29 bits per heavy atom. The summed E-state index contributed by atoms with van der Waals surface area (Å²) in [5, 5.41) is 0.945. The van der Waals surface area contributed by atoms with Crippen molar-refractivity contribution in [3.05, 3.63) is 39.7 Å². The van der Waals surface area contributed by atoms with Crippen LogP contribution in [-0.4, -0.2) is 19.2 Å². The van der Waals surface area contributed by atoms with Gasteiger partial charge in [0.2, 0.25) is 0 Å².